The van der Waals surface area contributed by atoms with Gasteiger partial charge in [0, 0.05) is 5.56 Å². The lowest BCUT2D eigenvalue weighted by Gasteiger charge is -2.34. The molecule has 1 aliphatic rings. The number of anilines is 3. The first-order valence-corrected chi connectivity index (χ1v) is 9.45. The molecule has 3 heteroatoms. The number of aryl methyl sites for hydroxylation is 4. The van der Waals surface area contributed by atoms with Crippen molar-refractivity contribution in [2.75, 3.05) is 4.90 Å². The predicted molar refractivity (Wildman–Crippen MR) is 111 cm³/mol. The van der Waals surface area contributed by atoms with Crippen LogP contribution in [0.4, 0.5) is 17.1 Å². The molecule has 0 amide bonds. The zero-order chi connectivity index (χ0) is 19.5. The van der Waals surface area contributed by atoms with Gasteiger partial charge in [-0.3, -0.25) is 4.90 Å². The molecule has 0 bridgehead atoms. The lowest BCUT2D eigenvalue weighted by atomic mass is 9.84. The van der Waals surface area contributed by atoms with Crippen LogP contribution in [-0.4, -0.2) is 0 Å². The van der Waals surface area contributed by atoms with Gasteiger partial charge in [0.05, 0.1) is 17.6 Å². The summed E-state index contributed by atoms with van der Waals surface area (Å²) in [5, 5.41) is 0. The Kier molecular flexibility index (Phi) is 3.88. The molecule has 1 aliphatic heterocycles. The molecule has 0 saturated carbocycles. The molecule has 3 nitrogen and oxygen atoms in total. The molecule has 1 aromatic heterocycles. The van der Waals surface area contributed by atoms with E-state index in [1.54, 1.807) is 6.26 Å². The van der Waals surface area contributed by atoms with E-state index in [1.165, 1.54) is 22.4 Å². The van der Waals surface area contributed by atoms with E-state index in [0.717, 1.165) is 28.3 Å². The maximum atomic E-state index is 6.08. The molecular weight excluding hydrogens is 334 g/mol. The van der Waals surface area contributed by atoms with Crippen molar-refractivity contribution >= 4 is 17.1 Å². The quantitative estimate of drug-likeness (QED) is 0.353. The predicted octanol–water partition coefficient (Wildman–Crippen LogP) is 7.39. The van der Waals surface area contributed by atoms with Gasteiger partial charge in [-0.2, -0.15) is 0 Å². The zero-order valence-electron chi connectivity index (χ0n) is 17.2. The number of fused-ring (bicyclic) bond motifs is 2. The van der Waals surface area contributed by atoms with Crippen LogP contribution in [0.3, 0.4) is 0 Å². The molecule has 2 heterocycles. The van der Waals surface area contributed by atoms with E-state index >= 15 is 0 Å². The van der Waals surface area contributed by atoms with Gasteiger partial charge < -0.3 is 9.15 Å². The summed E-state index contributed by atoms with van der Waals surface area (Å²) in [7, 11) is 0. The van der Waals surface area contributed by atoms with Crippen molar-refractivity contribution in [3.8, 4) is 11.7 Å². The average Bonchev–Trinajstić information content (AvgIpc) is 2.93. The van der Waals surface area contributed by atoms with E-state index in [4.69, 9.17) is 9.15 Å². The number of ether oxygens (including phenoxy) is 1. The maximum absolute atomic E-state index is 6.08. The second-order valence-electron chi connectivity index (χ2n) is 8.67. The second-order valence-corrected chi connectivity index (χ2v) is 8.67. The summed E-state index contributed by atoms with van der Waals surface area (Å²) in [5.74, 6) is 1.39. The summed E-state index contributed by atoms with van der Waals surface area (Å²) in [6, 6.07) is 10.9. The molecule has 0 N–H and O–H groups in total. The van der Waals surface area contributed by atoms with Crippen molar-refractivity contribution < 1.29 is 9.15 Å². The van der Waals surface area contributed by atoms with Crippen LogP contribution in [0.15, 0.2) is 41.0 Å². The van der Waals surface area contributed by atoms with E-state index < -0.39 is 0 Å². The molecule has 27 heavy (non-hydrogen) atoms. The van der Waals surface area contributed by atoms with Crippen LogP contribution >= 0.6 is 0 Å². The number of hydrogen-bond donors (Lipinski definition) is 0. The third-order valence-electron chi connectivity index (χ3n) is 5.27. The van der Waals surface area contributed by atoms with Crippen LogP contribution in [-0.2, 0) is 5.41 Å². The fourth-order valence-electron chi connectivity index (χ4n) is 3.84. The van der Waals surface area contributed by atoms with Gasteiger partial charge >= 0.3 is 5.95 Å². The van der Waals surface area contributed by atoms with Crippen LogP contribution in [0.5, 0.6) is 11.7 Å². The standard InChI is InChI=1S/C24H27NO2/c1-14-8-9-19-20(10-14)27-23-22(17(4)13-26-23)25(19)21-15(2)11-18(12-16(21)3)24(5,6)7/h8-13H,1-7H3. The highest BCUT2D eigenvalue weighted by atomic mass is 16.6. The number of furan rings is 1. The van der Waals surface area contributed by atoms with Crippen molar-refractivity contribution in [3.63, 3.8) is 0 Å². The number of rotatable bonds is 1. The Morgan fingerprint density at radius 2 is 1.48 bits per heavy atom. The van der Waals surface area contributed by atoms with E-state index in [9.17, 15) is 0 Å². The van der Waals surface area contributed by atoms with Crippen LogP contribution < -0.4 is 9.64 Å². The molecule has 0 radical (unpaired) electrons. The Morgan fingerprint density at radius 3 is 2.11 bits per heavy atom. The fourth-order valence-corrected chi connectivity index (χ4v) is 3.84. The minimum absolute atomic E-state index is 0.116. The van der Waals surface area contributed by atoms with Crippen LogP contribution in [0.1, 0.15) is 48.6 Å². The third-order valence-corrected chi connectivity index (χ3v) is 5.27. The van der Waals surface area contributed by atoms with Gasteiger partial charge in [0.2, 0.25) is 0 Å². The molecule has 0 spiro atoms. The lowest BCUT2D eigenvalue weighted by molar-refractivity contribution is 0.344. The summed E-state index contributed by atoms with van der Waals surface area (Å²) >= 11 is 0. The van der Waals surface area contributed by atoms with Gasteiger partial charge in [0.15, 0.2) is 5.75 Å². The van der Waals surface area contributed by atoms with Crippen LogP contribution in [0.25, 0.3) is 0 Å². The highest BCUT2D eigenvalue weighted by Gasteiger charge is 2.32. The first-order chi connectivity index (χ1) is 12.7. The van der Waals surface area contributed by atoms with Gasteiger partial charge in [0.25, 0.3) is 0 Å². The van der Waals surface area contributed by atoms with Gasteiger partial charge in [-0.05, 0) is 67.5 Å². The Balaban J connectivity index is 1.99. The largest absolute Gasteiger partial charge is 0.432 e. The second kappa shape index (κ2) is 5.91. The molecule has 0 fully saturated rings. The van der Waals surface area contributed by atoms with Crippen molar-refractivity contribution in [2.24, 2.45) is 0 Å². The van der Waals surface area contributed by atoms with Crippen LogP contribution in [0, 0.1) is 27.7 Å². The van der Waals surface area contributed by atoms with Crippen molar-refractivity contribution in [1.29, 1.82) is 0 Å². The Morgan fingerprint density at radius 1 is 0.815 bits per heavy atom. The molecule has 0 aliphatic carbocycles. The van der Waals surface area contributed by atoms with Crippen molar-refractivity contribution in [1.82, 2.24) is 0 Å². The lowest BCUT2D eigenvalue weighted by Crippen LogP contribution is -2.19. The van der Waals surface area contributed by atoms with E-state index in [-0.39, 0.29) is 5.41 Å². The summed E-state index contributed by atoms with van der Waals surface area (Å²) < 4.78 is 11.8. The first kappa shape index (κ1) is 17.7. The van der Waals surface area contributed by atoms with Crippen LogP contribution in [0.2, 0.25) is 0 Å². The SMILES string of the molecule is Cc1ccc2c(c1)Oc1occ(C)c1N2c1c(C)cc(C(C)(C)C)cc1C. The molecular formula is C24H27NO2. The van der Waals surface area contributed by atoms with Crippen molar-refractivity contribution in [3.05, 3.63) is 64.4 Å². The highest BCUT2D eigenvalue weighted by Crippen LogP contribution is 2.54. The first-order valence-electron chi connectivity index (χ1n) is 9.45. The smallest absolute Gasteiger partial charge is 0.315 e. The fraction of sp³-hybridized carbons (Fsp3) is 0.333. The molecule has 0 unspecified atom stereocenters. The molecule has 0 saturated heterocycles. The van der Waals surface area contributed by atoms with Gasteiger partial charge in [0.1, 0.15) is 5.69 Å². The molecule has 2 aromatic carbocycles. The normalized spacial score (nSPS) is 13.2. The summed E-state index contributed by atoms with van der Waals surface area (Å²) in [4.78, 5) is 2.30. The van der Waals surface area contributed by atoms with Crippen molar-refractivity contribution in [2.45, 2.75) is 53.9 Å². The van der Waals surface area contributed by atoms with Gasteiger partial charge in [-0.15, -0.1) is 0 Å². The Bertz CT molecular complexity index is 1010. The van der Waals surface area contributed by atoms with E-state index in [2.05, 4.69) is 83.7 Å². The molecule has 140 valence electrons. The molecule has 3 aromatic rings. The van der Waals surface area contributed by atoms with E-state index in [0.29, 0.717) is 5.95 Å². The number of nitrogens with zero attached hydrogens (tertiary/aromatic N) is 1. The minimum Gasteiger partial charge on any atom is -0.432 e. The monoisotopic (exact) mass is 361 g/mol. The maximum Gasteiger partial charge on any atom is 0.315 e. The topological polar surface area (TPSA) is 25.6 Å². The zero-order valence-corrected chi connectivity index (χ0v) is 17.2. The van der Waals surface area contributed by atoms with E-state index in [1.807, 2.05) is 0 Å². The Labute approximate surface area is 161 Å². The Hall–Kier alpha value is -2.68. The molecule has 4 rings (SSSR count). The number of hydrogen-bond acceptors (Lipinski definition) is 3. The third kappa shape index (κ3) is 2.82. The summed E-state index contributed by atoms with van der Waals surface area (Å²) in [6.45, 7) is 15.3. The summed E-state index contributed by atoms with van der Waals surface area (Å²) in [5.41, 5.74) is 9.43. The minimum atomic E-state index is 0.116. The summed E-state index contributed by atoms with van der Waals surface area (Å²) in [6.07, 6.45) is 1.77. The number of benzene rings is 2. The average molecular weight is 361 g/mol. The van der Waals surface area contributed by atoms with Gasteiger partial charge in [-0.25, -0.2) is 0 Å². The highest BCUT2D eigenvalue weighted by molar-refractivity contribution is 5.89. The van der Waals surface area contributed by atoms with Gasteiger partial charge in [-0.1, -0.05) is 39.0 Å². The molecule has 0 atom stereocenters.